The standard InChI is InChI=1S/C14H26N2O2/c1-10-4-3-7-14(18,8-10)9-15-11(2)13(17)16-12-5-6-12/h10-12,15,18H,3-9H2,1-2H3,(H,16,17). The fraction of sp³-hybridized carbons (Fsp3) is 0.929. The van der Waals surface area contributed by atoms with E-state index < -0.39 is 5.60 Å². The largest absolute Gasteiger partial charge is 0.389 e. The lowest BCUT2D eigenvalue weighted by atomic mass is 9.79. The van der Waals surface area contributed by atoms with E-state index in [-0.39, 0.29) is 11.9 Å². The summed E-state index contributed by atoms with van der Waals surface area (Å²) >= 11 is 0. The smallest absolute Gasteiger partial charge is 0.237 e. The van der Waals surface area contributed by atoms with Gasteiger partial charge in [0.15, 0.2) is 0 Å². The monoisotopic (exact) mass is 254 g/mol. The fourth-order valence-corrected chi connectivity index (χ4v) is 2.78. The lowest BCUT2D eigenvalue weighted by molar-refractivity contribution is -0.123. The first kappa shape index (κ1) is 13.8. The molecule has 0 heterocycles. The number of carbonyl (C=O) groups is 1. The molecule has 3 N–H and O–H groups in total. The molecule has 4 heteroatoms. The van der Waals surface area contributed by atoms with Gasteiger partial charge in [0.2, 0.25) is 5.91 Å². The van der Waals surface area contributed by atoms with Crippen LogP contribution in [0.1, 0.15) is 52.4 Å². The predicted octanol–water partition coefficient (Wildman–Crippen LogP) is 1.18. The quantitative estimate of drug-likeness (QED) is 0.690. The second-order valence-electron chi connectivity index (χ2n) is 6.31. The van der Waals surface area contributed by atoms with Gasteiger partial charge in [-0.05, 0) is 38.5 Å². The van der Waals surface area contributed by atoms with Crippen LogP contribution in [0.4, 0.5) is 0 Å². The molecule has 0 aromatic carbocycles. The first-order valence-corrected chi connectivity index (χ1v) is 7.25. The van der Waals surface area contributed by atoms with E-state index in [4.69, 9.17) is 0 Å². The van der Waals surface area contributed by atoms with Crippen LogP contribution in [0, 0.1) is 5.92 Å². The number of hydrogen-bond donors (Lipinski definition) is 3. The van der Waals surface area contributed by atoms with Gasteiger partial charge in [0.1, 0.15) is 0 Å². The van der Waals surface area contributed by atoms with E-state index in [0.717, 1.165) is 32.1 Å². The van der Waals surface area contributed by atoms with Gasteiger partial charge in [-0.3, -0.25) is 4.79 Å². The normalized spacial score (nSPS) is 34.1. The van der Waals surface area contributed by atoms with Gasteiger partial charge in [0, 0.05) is 12.6 Å². The van der Waals surface area contributed by atoms with Crippen LogP contribution in [0.15, 0.2) is 0 Å². The van der Waals surface area contributed by atoms with Gasteiger partial charge in [-0.2, -0.15) is 0 Å². The molecule has 0 radical (unpaired) electrons. The van der Waals surface area contributed by atoms with Crippen LogP contribution >= 0.6 is 0 Å². The maximum Gasteiger partial charge on any atom is 0.237 e. The molecule has 0 aromatic heterocycles. The Labute approximate surface area is 110 Å². The molecule has 18 heavy (non-hydrogen) atoms. The van der Waals surface area contributed by atoms with Crippen molar-refractivity contribution in [1.82, 2.24) is 10.6 Å². The summed E-state index contributed by atoms with van der Waals surface area (Å²) in [7, 11) is 0. The van der Waals surface area contributed by atoms with Crippen LogP contribution < -0.4 is 10.6 Å². The molecule has 0 aromatic rings. The van der Waals surface area contributed by atoms with Crippen LogP contribution in [0.5, 0.6) is 0 Å². The first-order valence-electron chi connectivity index (χ1n) is 7.25. The van der Waals surface area contributed by atoms with Crippen molar-refractivity contribution in [3.63, 3.8) is 0 Å². The Kier molecular flexibility index (Phi) is 4.28. The highest BCUT2D eigenvalue weighted by Crippen LogP contribution is 2.31. The van der Waals surface area contributed by atoms with Crippen LogP contribution in [0.25, 0.3) is 0 Å². The van der Waals surface area contributed by atoms with Gasteiger partial charge >= 0.3 is 0 Å². The summed E-state index contributed by atoms with van der Waals surface area (Å²) < 4.78 is 0. The average Bonchev–Trinajstić information content (AvgIpc) is 3.09. The number of nitrogens with one attached hydrogen (secondary N) is 2. The third kappa shape index (κ3) is 3.95. The van der Waals surface area contributed by atoms with Crippen molar-refractivity contribution in [2.24, 2.45) is 5.92 Å². The van der Waals surface area contributed by atoms with Crippen molar-refractivity contribution in [1.29, 1.82) is 0 Å². The molecule has 2 saturated carbocycles. The summed E-state index contributed by atoms with van der Waals surface area (Å²) in [6, 6.07) is 0.186. The lowest BCUT2D eigenvalue weighted by Gasteiger charge is -2.36. The SMILES string of the molecule is CC1CCCC(O)(CNC(C)C(=O)NC2CC2)C1. The van der Waals surface area contributed by atoms with Gasteiger partial charge in [-0.1, -0.05) is 19.8 Å². The zero-order valence-corrected chi connectivity index (χ0v) is 11.5. The van der Waals surface area contributed by atoms with E-state index in [1.54, 1.807) is 0 Å². The number of rotatable bonds is 5. The van der Waals surface area contributed by atoms with E-state index in [2.05, 4.69) is 17.6 Å². The second kappa shape index (κ2) is 5.57. The molecule has 2 aliphatic rings. The van der Waals surface area contributed by atoms with Gasteiger partial charge in [0.05, 0.1) is 11.6 Å². The fourth-order valence-electron chi connectivity index (χ4n) is 2.78. The molecule has 4 nitrogen and oxygen atoms in total. The molecule has 0 spiro atoms. The van der Waals surface area contributed by atoms with Crippen LogP contribution in [-0.2, 0) is 4.79 Å². The van der Waals surface area contributed by atoms with E-state index in [1.165, 1.54) is 6.42 Å². The van der Waals surface area contributed by atoms with Crippen molar-refractivity contribution in [3.05, 3.63) is 0 Å². The van der Waals surface area contributed by atoms with E-state index in [0.29, 0.717) is 18.5 Å². The van der Waals surface area contributed by atoms with Crippen molar-refractivity contribution in [2.75, 3.05) is 6.54 Å². The third-order valence-electron chi connectivity index (χ3n) is 4.12. The Balaban J connectivity index is 1.73. The minimum absolute atomic E-state index is 0.0601. The minimum atomic E-state index is -0.619. The van der Waals surface area contributed by atoms with Crippen LogP contribution in [0.2, 0.25) is 0 Å². The summed E-state index contributed by atoms with van der Waals surface area (Å²) in [5.41, 5.74) is -0.619. The number of amides is 1. The molecule has 0 saturated heterocycles. The predicted molar refractivity (Wildman–Crippen MR) is 71.2 cm³/mol. The highest BCUT2D eigenvalue weighted by Gasteiger charge is 2.33. The minimum Gasteiger partial charge on any atom is -0.389 e. The van der Waals surface area contributed by atoms with Crippen molar-refractivity contribution < 1.29 is 9.90 Å². The van der Waals surface area contributed by atoms with Gasteiger partial charge in [0.25, 0.3) is 0 Å². The Bertz CT molecular complexity index is 304. The summed E-state index contributed by atoms with van der Waals surface area (Å²) in [5, 5.41) is 16.6. The topological polar surface area (TPSA) is 61.4 Å². The Hall–Kier alpha value is -0.610. The number of aliphatic hydroxyl groups is 1. The van der Waals surface area contributed by atoms with Crippen LogP contribution in [-0.4, -0.2) is 35.2 Å². The zero-order chi connectivity index (χ0) is 13.2. The summed E-state index contributed by atoms with van der Waals surface area (Å²) in [6.07, 6.45) is 6.21. The van der Waals surface area contributed by atoms with Crippen LogP contribution in [0.3, 0.4) is 0 Å². The van der Waals surface area contributed by atoms with E-state index in [9.17, 15) is 9.90 Å². The number of carbonyl (C=O) groups excluding carboxylic acids is 1. The summed E-state index contributed by atoms with van der Waals surface area (Å²) in [6.45, 7) is 4.58. The molecule has 104 valence electrons. The van der Waals surface area contributed by atoms with Gasteiger partial charge in [-0.15, -0.1) is 0 Å². The van der Waals surface area contributed by atoms with Gasteiger partial charge in [-0.25, -0.2) is 0 Å². The van der Waals surface area contributed by atoms with Crippen molar-refractivity contribution >= 4 is 5.91 Å². The molecule has 0 bridgehead atoms. The summed E-state index contributed by atoms with van der Waals surface area (Å²) in [4.78, 5) is 11.8. The van der Waals surface area contributed by atoms with Crippen molar-refractivity contribution in [3.8, 4) is 0 Å². The Morgan fingerprint density at radius 2 is 2.17 bits per heavy atom. The Morgan fingerprint density at radius 1 is 1.44 bits per heavy atom. The third-order valence-corrected chi connectivity index (χ3v) is 4.12. The molecule has 1 amide bonds. The molecule has 2 fully saturated rings. The molecular formula is C14H26N2O2. The van der Waals surface area contributed by atoms with Gasteiger partial charge < -0.3 is 15.7 Å². The molecular weight excluding hydrogens is 228 g/mol. The zero-order valence-electron chi connectivity index (χ0n) is 11.5. The molecule has 3 unspecified atom stereocenters. The first-order chi connectivity index (χ1) is 8.48. The highest BCUT2D eigenvalue weighted by atomic mass is 16.3. The second-order valence-corrected chi connectivity index (χ2v) is 6.31. The number of hydrogen-bond acceptors (Lipinski definition) is 3. The summed E-state index contributed by atoms with van der Waals surface area (Å²) in [5.74, 6) is 0.645. The molecule has 2 aliphatic carbocycles. The molecule has 2 rings (SSSR count). The van der Waals surface area contributed by atoms with E-state index in [1.807, 2.05) is 6.92 Å². The molecule has 0 aliphatic heterocycles. The highest BCUT2D eigenvalue weighted by molar-refractivity contribution is 5.81. The maximum atomic E-state index is 11.8. The van der Waals surface area contributed by atoms with E-state index >= 15 is 0 Å². The molecule has 3 atom stereocenters. The lowest BCUT2D eigenvalue weighted by Crippen LogP contribution is -2.50. The van der Waals surface area contributed by atoms with Crippen molar-refractivity contribution in [2.45, 2.75) is 70.1 Å². The maximum absolute atomic E-state index is 11.8. The average molecular weight is 254 g/mol. The Morgan fingerprint density at radius 3 is 2.78 bits per heavy atom.